The van der Waals surface area contributed by atoms with Gasteiger partial charge in [0.25, 0.3) is 0 Å². The van der Waals surface area contributed by atoms with Crippen LogP contribution in [0, 0.1) is 0 Å². The number of fused-ring (bicyclic) bond motifs is 1. The van der Waals surface area contributed by atoms with Crippen molar-refractivity contribution in [3.63, 3.8) is 0 Å². The molecule has 0 spiro atoms. The number of benzene rings is 4. The molecule has 4 aromatic carbocycles. The summed E-state index contributed by atoms with van der Waals surface area (Å²) in [5.41, 5.74) is -0.0937. The summed E-state index contributed by atoms with van der Waals surface area (Å²) in [6, 6.07) is 17.3. The first-order valence-corrected chi connectivity index (χ1v) is 16.9. The molecule has 0 aliphatic carbocycles. The summed E-state index contributed by atoms with van der Waals surface area (Å²) in [5, 5.41) is 81.2. The van der Waals surface area contributed by atoms with E-state index in [-0.39, 0.29) is 48.3 Å². The molecular formula is C39H36O16. The number of aromatic hydroxyl groups is 6. The van der Waals surface area contributed by atoms with Gasteiger partial charge in [0, 0.05) is 30.5 Å². The van der Waals surface area contributed by atoms with Crippen LogP contribution in [0.5, 0.6) is 40.2 Å². The quantitative estimate of drug-likeness (QED) is 0.0670. The van der Waals surface area contributed by atoms with Crippen molar-refractivity contribution in [2.75, 3.05) is 6.61 Å². The van der Waals surface area contributed by atoms with Crippen LogP contribution in [0.3, 0.4) is 0 Å². The van der Waals surface area contributed by atoms with Gasteiger partial charge < -0.3 is 64.2 Å². The summed E-state index contributed by atoms with van der Waals surface area (Å²) in [5.74, 6) is -5.17. The Hall–Kier alpha value is -6.49. The number of aryl methyl sites for hydroxylation is 2. The highest BCUT2D eigenvalue weighted by Crippen LogP contribution is 2.40. The zero-order valence-electron chi connectivity index (χ0n) is 28.8. The first-order valence-electron chi connectivity index (χ1n) is 16.9. The van der Waals surface area contributed by atoms with E-state index in [0.29, 0.717) is 11.1 Å². The Bertz CT molecular complexity index is 2230. The third-order valence-corrected chi connectivity index (χ3v) is 8.83. The molecule has 6 rings (SSSR count). The van der Waals surface area contributed by atoms with Gasteiger partial charge >= 0.3 is 11.9 Å². The van der Waals surface area contributed by atoms with E-state index in [9.17, 15) is 55.2 Å². The van der Waals surface area contributed by atoms with Crippen LogP contribution in [0.15, 0.2) is 88.1 Å². The van der Waals surface area contributed by atoms with Crippen molar-refractivity contribution < 1.29 is 73.8 Å². The smallest absolute Gasteiger partial charge is 0.306 e. The van der Waals surface area contributed by atoms with Gasteiger partial charge in [0.05, 0.1) is 6.61 Å². The molecule has 1 aliphatic heterocycles. The molecule has 55 heavy (non-hydrogen) atoms. The summed E-state index contributed by atoms with van der Waals surface area (Å²) < 4.78 is 29.2. The van der Waals surface area contributed by atoms with Gasteiger partial charge in [-0.2, -0.15) is 0 Å². The summed E-state index contributed by atoms with van der Waals surface area (Å²) in [4.78, 5) is 40.7. The topological polar surface area (TPSA) is 263 Å². The van der Waals surface area contributed by atoms with E-state index in [4.69, 9.17) is 23.4 Å². The monoisotopic (exact) mass is 760 g/mol. The number of carbonyl (C=O) groups is 2. The van der Waals surface area contributed by atoms with Gasteiger partial charge in [-0.25, -0.2) is 0 Å². The molecule has 5 atom stereocenters. The molecule has 288 valence electrons. The molecule has 0 amide bonds. The van der Waals surface area contributed by atoms with Crippen LogP contribution in [-0.4, -0.2) is 90.1 Å². The van der Waals surface area contributed by atoms with Gasteiger partial charge in [-0.3, -0.25) is 14.4 Å². The van der Waals surface area contributed by atoms with Crippen molar-refractivity contribution in [1.82, 2.24) is 0 Å². The Morgan fingerprint density at radius 3 is 1.82 bits per heavy atom. The maximum atomic E-state index is 14.1. The van der Waals surface area contributed by atoms with Crippen molar-refractivity contribution in [3.8, 4) is 51.6 Å². The Balaban J connectivity index is 1.39. The minimum Gasteiger partial charge on any atom is -0.508 e. The predicted molar refractivity (Wildman–Crippen MR) is 190 cm³/mol. The number of aliphatic hydroxyl groups is 2. The maximum absolute atomic E-state index is 14.1. The Morgan fingerprint density at radius 1 is 0.673 bits per heavy atom. The first kappa shape index (κ1) is 38.2. The molecule has 16 nitrogen and oxygen atoms in total. The van der Waals surface area contributed by atoms with Gasteiger partial charge in [0.1, 0.15) is 46.2 Å². The predicted octanol–water partition coefficient (Wildman–Crippen LogP) is 3.24. The number of ether oxygens (including phenoxy) is 4. The molecule has 2 heterocycles. The number of esters is 2. The Morgan fingerprint density at radius 2 is 1.25 bits per heavy atom. The highest BCUT2D eigenvalue weighted by atomic mass is 16.7. The SMILES string of the molecule is O=C(CCc1ccc(O)cc1)O[C@H]1[C@H](Oc2c(-c3ccc(O)c(O)c3)oc3cc(O)cc(O)c3c2=O)O[C@H](CO)[C@@H](O)[C@@H]1OC(=O)CCc1ccc(O)cc1. The molecule has 1 saturated heterocycles. The molecule has 0 unspecified atom stereocenters. The second-order valence-corrected chi connectivity index (χ2v) is 12.7. The molecule has 5 aromatic rings. The minimum absolute atomic E-state index is 0.0124. The fourth-order valence-corrected chi connectivity index (χ4v) is 5.98. The molecule has 16 heteroatoms. The number of phenolic OH excluding ortho intramolecular Hbond substituents is 6. The Labute approximate surface area is 311 Å². The largest absolute Gasteiger partial charge is 0.508 e. The molecule has 1 fully saturated rings. The molecule has 0 radical (unpaired) electrons. The summed E-state index contributed by atoms with van der Waals surface area (Å²) in [7, 11) is 0. The summed E-state index contributed by atoms with van der Waals surface area (Å²) in [6.07, 6.45) is -9.03. The van der Waals surface area contributed by atoms with Gasteiger partial charge in [0.2, 0.25) is 23.6 Å². The molecule has 0 saturated carbocycles. The number of carbonyl (C=O) groups excluding carboxylic acids is 2. The zero-order chi connectivity index (χ0) is 39.4. The lowest BCUT2D eigenvalue weighted by molar-refractivity contribution is -0.286. The molecular weight excluding hydrogens is 724 g/mol. The van der Waals surface area contributed by atoms with E-state index in [0.717, 1.165) is 24.3 Å². The van der Waals surface area contributed by atoms with Crippen LogP contribution in [-0.2, 0) is 36.6 Å². The van der Waals surface area contributed by atoms with Crippen LogP contribution in [0.2, 0.25) is 0 Å². The van der Waals surface area contributed by atoms with Crippen LogP contribution in [0.25, 0.3) is 22.3 Å². The van der Waals surface area contributed by atoms with Crippen molar-refractivity contribution in [2.24, 2.45) is 0 Å². The first-order chi connectivity index (χ1) is 26.3. The van der Waals surface area contributed by atoms with Crippen LogP contribution >= 0.6 is 0 Å². The third-order valence-electron chi connectivity index (χ3n) is 8.83. The third kappa shape index (κ3) is 8.67. The fraction of sp³-hybridized carbons (Fsp3) is 0.256. The molecule has 8 N–H and O–H groups in total. The van der Waals surface area contributed by atoms with Crippen molar-refractivity contribution in [1.29, 1.82) is 0 Å². The fourth-order valence-electron chi connectivity index (χ4n) is 5.98. The lowest BCUT2D eigenvalue weighted by Gasteiger charge is -2.42. The van der Waals surface area contributed by atoms with Crippen LogP contribution in [0.1, 0.15) is 24.0 Å². The maximum Gasteiger partial charge on any atom is 0.306 e. The second kappa shape index (κ2) is 16.3. The zero-order valence-corrected chi connectivity index (χ0v) is 28.8. The normalized spacial score (nSPS) is 19.5. The second-order valence-electron chi connectivity index (χ2n) is 12.7. The number of hydrogen-bond acceptors (Lipinski definition) is 16. The van der Waals surface area contributed by atoms with Crippen molar-refractivity contribution in [3.05, 3.63) is 100 Å². The average Bonchev–Trinajstić information content (AvgIpc) is 3.15. The van der Waals surface area contributed by atoms with Crippen molar-refractivity contribution >= 4 is 22.9 Å². The summed E-state index contributed by atoms with van der Waals surface area (Å²) in [6.45, 7) is -0.866. The summed E-state index contributed by atoms with van der Waals surface area (Å²) >= 11 is 0. The number of hydrogen-bond donors (Lipinski definition) is 8. The van der Waals surface area contributed by atoms with E-state index >= 15 is 0 Å². The number of phenols is 6. The lowest BCUT2D eigenvalue weighted by atomic mass is 9.98. The van der Waals surface area contributed by atoms with Gasteiger partial charge in [-0.05, 0) is 66.4 Å². The average molecular weight is 761 g/mol. The van der Waals surface area contributed by atoms with E-state index in [2.05, 4.69) is 0 Å². The van der Waals surface area contributed by atoms with E-state index in [1.165, 1.54) is 30.3 Å². The van der Waals surface area contributed by atoms with Crippen LogP contribution in [0.4, 0.5) is 0 Å². The molecule has 1 aliphatic rings. The number of aliphatic hydroxyl groups excluding tert-OH is 2. The van der Waals surface area contributed by atoms with Gasteiger partial charge in [-0.15, -0.1) is 0 Å². The van der Waals surface area contributed by atoms with Crippen LogP contribution < -0.4 is 10.2 Å². The molecule has 1 aromatic heterocycles. The van der Waals surface area contributed by atoms with Crippen molar-refractivity contribution in [2.45, 2.75) is 56.4 Å². The Kier molecular flexibility index (Phi) is 11.3. The van der Waals surface area contributed by atoms with Gasteiger partial charge in [0.15, 0.2) is 23.4 Å². The van der Waals surface area contributed by atoms with E-state index < -0.39 is 94.6 Å². The highest BCUT2D eigenvalue weighted by molar-refractivity contribution is 5.88. The van der Waals surface area contributed by atoms with Gasteiger partial charge in [-0.1, -0.05) is 24.3 Å². The standard InChI is InChI=1S/C39H36O16/c40-18-29-33(49)36(53-30(47)13-5-19-1-8-22(41)9-2-19)38(54-31(48)14-6-20-3-10-23(42)11-4-20)39(52-29)55-37-34(50)32-27(46)16-24(43)17-28(32)51-35(37)21-7-12-25(44)26(45)15-21/h1-4,7-12,15-17,29,33,36,38-46,49H,5-6,13-14,18H2/t29-,33-,36+,38-,39+/m1/s1. The number of rotatable bonds is 12. The molecule has 0 bridgehead atoms. The lowest BCUT2D eigenvalue weighted by Crippen LogP contribution is -2.62. The van der Waals surface area contributed by atoms with E-state index in [1.54, 1.807) is 24.3 Å². The highest BCUT2D eigenvalue weighted by Gasteiger charge is 2.51. The van der Waals surface area contributed by atoms with E-state index in [1.807, 2.05) is 0 Å². The minimum atomic E-state index is -1.92.